The lowest BCUT2D eigenvalue weighted by Gasteiger charge is -2.06. The molecule has 0 nitrogen and oxygen atoms in total. The van der Waals surface area contributed by atoms with Crippen molar-refractivity contribution in [3.8, 4) is 10.4 Å². The second-order valence-corrected chi connectivity index (χ2v) is 5.59. The molecule has 1 heterocycles. The molecular weight excluding hydrogens is 265 g/mol. The van der Waals surface area contributed by atoms with Crippen LogP contribution in [-0.2, 0) is 6.18 Å². The van der Waals surface area contributed by atoms with Crippen molar-refractivity contribution in [2.45, 2.75) is 10.4 Å². The van der Waals surface area contributed by atoms with E-state index >= 15 is 0 Å². The van der Waals surface area contributed by atoms with Gasteiger partial charge in [-0.15, -0.1) is 23.1 Å². The summed E-state index contributed by atoms with van der Waals surface area (Å²) >= 11 is 3.21. The van der Waals surface area contributed by atoms with Crippen LogP contribution in [-0.4, -0.2) is 6.26 Å². The molecule has 0 aliphatic carbocycles. The maximum Gasteiger partial charge on any atom is 0.416 e. The smallest absolute Gasteiger partial charge is 0.166 e. The van der Waals surface area contributed by atoms with E-state index in [1.807, 2.05) is 18.4 Å². The highest BCUT2D eigenvalue weighted by Crippen LogP contribution is 2.35. The average molecular weight is 274 g/mol. The van der Waals surface area contributed by atoms with E-state index in [0.717, 1.165) is 26.8 Å². The summed E-state index contributed by atoms with van der Waals surface area (Å²) in [6.45, 7) is 0. The molecule has 0 unspecified atom stereocenters. The summed E-state index contributed by atoms with van der Waals surface area (Å²) in [7, 11) is 0. The summed E-state index contributed by atoms with van der Waals surface area (Å²) in [4.78, 5) is 0.989. The van der Waals surface area contributed by atoms with E-state index in [4.69, 9.17) is 0 Å². The van der Waals surface area contributed by atoms with Crippen LogP contribution in [0.3, 0.4) is 0 Å². The molecule has 0 saturated heterocycles. The first kappa shape index (κ1) is 12.5. The van der Waals surface area contributed by atoms with Crippen LogP contribution >= 0.6 is 23.1 Å². The summed E-state index contributed by atoms with van der Waals surface area (Å²) < 4.78 is 38.3. The Labute approximate surface area is 105 Å². The molecule has 0 atom stereocenters. The first-order valence-electron chi connectivity index (χ1n) is 4.82. The van der Waals surface area contributed by atoms with Gasteiger partial charge in [-0.1, -0.05) is 12.1 Å². The molecule has 17 heavy (non-hydrogen) atoms. The second-order valence-electron chi connectivity index (χ2n) is 3.40. The number of hydrogen-bond acceptors (Lipinski definition) is 2. The molecule has 0 aliphatic heterocycles. The topological polar surface area (TPSA) is 0 Å². The quantitative estimate of drug-likeness (QED) is 0.682. The minimum absolute atomic E-state index is 0.608. The van der Waals surface area contributed by atoms with Gasteiger partial charge in [-0.2, -0.15) is 13.2 Å². The van der Waals surface area contributed by atoms with Crippen molar-refractivity contribution in [1.82, 2.24) is 0 Å². The molecule has 0 saturated carbocycles. The summed E-state index contributed by atoms with van der Waals surface area (Å²) in [6, 6.07) is 9.17. The fourth-order valence-corrected chi connectivity index (χ4v) is 2.96. The molecule has 0 bridgehead atoms. The molecular formula is C12H9F3S2. The molecule has 2 aromatic rings. The summed E-state index contributed by atoms with van der Waals surface area (Å²) in [6.07, 6.45) is -2.29. The zero-order valence-corrected chi connectivity index (χ0v) is 10.5. The number of alkyl halides is 3. The van der Waals surface area contributed by atoms with Crippen molar-refractivity contribution in [1.29, 1.82) is 0 Å². The molecule has 1 aromatic heterocycles. The predicted octanol–water partition coefficient (Wildman–Crippen LogP) is 5.16. The summed E-state index contributed by atoms with van der Waals surface area (Å²) in [5, 5.41) is 0. The third-order valence-corrected chi connectivity index (χ3v) is 4.50. The minimum Gasteiger partial charge on any atom is -0.166 e. The summed E-state index contributed by atoms with van der Waals surface area (Å²) in [5.74, 6) is 0. The van der Waals surface area contributed by atoms with E-state index < -0.39 is 11.7 Å². The van der Waals surface area contributed by atoms with Gasteiger partial charge >= 0.3 is 6.18 Å². The Kier molecular flexibility index (Phi) is 3.49. The normalized spacial score (nSPS) is 11.8. The number of rotatable bonds is 2. The second kappa shape index (κ2) is 4.74. The Morgan fingerprint density at radius 1 is 1.00 bits per heavy atom. The molecule has 0 aliphatic rings. The maximum absolute atomic E-state index is 12.4. The zero-order chi connectivity index (χ0) is 12.5. The lowest BCUT2D eigenvalue weighted by molar-refractivity contribution is -0.137. The summed E-state index contributed by atoms with van der Waals surface area (Å²) in [5.41, 5.74) is 0.214. The Bertz CT molecular complexity index is 497. The first-order chi connectivity index (χ1) is 8.00. The molecule has 5 heteroatoms. The van der Waals surface area contributed by atoms with Gasteiger partial charge in [0.15, 0.2) is 0 Å². The highest BCUT2D eigenvalue weighted by Gasteiger charge is 2.29. The monoisotopic (exact) mass is 274 g/mol. The number of halogens is 3. The third kappa shape index (κ3) is 2.84. The van der Waals surface area contributed by atoms with Crippen LogP contribution < -0.4 is 0 Å². The van der Waals surface area contributed by atoms with E-state index in [2.05, 4.69) is 0 Å². The van der Waals surface area contributed by atoms with Crippen LogP contribution in [0.25, 0.3) is 10.4 Å². The van der Waals surface area contributed by atoms with Crippen LogP contribution in [0.2, 0.25) is 0 Å². The number of benzene rings is 1. The Hall–Kier alpha value is -0.940. The van der Waals surface area contributed by atoms with Gasteiger partial charge in [0.1, 0.15) is 0 Å². The van der Waals surface area contributed by atoms with Gasteiger partial charge in [0.2, 0.25) is 0 Å². The first-order valence-corrected chi connectivity index (χ1v) is 6.86. The number of thioether (sulfide) groups is 1. The maximum atomic E-state index is 12.4. The van der Waals surface area contributed by atoms with Gasteiger partial charge in [-0.3, -0.25) is 0 Å². The molecule has 1 aromatic carbocycles. The fraction of sp³-hybridized carbons (Fsp3) is 0.167. The molecule has 90 valence electrons. The van der Waals surface area contributed by atoms with Gasteiger partial charge < -0.3 is 0 Å². The highest BCUT2D eigenvalue weighted by atomic mass is 32.2. The van der Waals surface area contributed by atoms with Crippen LogP contribution in [0.5, 0.6) is 0 Å². The van der Waals surface area contributed by atoms with E-state index in [0.29, 0.717) is 0 Å². The lowest BCUT2D eigenvalue weighted by atomic mass is 10.1. The number of hydrogen-bond donors (Lipinski definition) is 0. The SMILES string of the molecule is CSc1ccc(-c2ccc(C(F)(F)F)cc2)s1. The van der Waals surface area contributed by atoms with Crippen molar-refractivity contribution in [3.05, 3.63) is 42.0 Å². The predicted molar refractivity (Wildman–Crippen MR) is 66.5 cm³/mol. The van der Waals surface area contributed by atoms with Gasteiger partial charge in [0.05, 0.1) is 9.77 Å². The van der Waals surface area contributed by atoms with Crippen molar-refractivity contribution >= 4 is 23.1 Å². The van der Waals surface area contributed by atoms with E-state index in [9.17, 15) is 13.2 Å². The molecule has 2 rings (SSSR count). The average Bonchev–Trinajstić information content (AvgIpc) is 2.76. The minimum atomic E-state index is -4.27. The highest BCUT2D eigenvalue weighted by molar-refractivity contribution is 8.00. The van der Waals surface area contributed by atoms with Crippen molar-refractivity contribution < 1.29 is 13.2 Å². The zero-order valence-electron chi connectivity index (χ0n) is 8.91. The van der Waals surface area contributed by atoms with E-state index in [1.165, 1.54) is 12.1 Å². The molecule has 0 amide bonds. The van der Waals surface area contributed by atoms with Crippen LogP contribution in [0.1, 0.15) is 5.56 Å². The Balaban J connectivity index is 2.29. The largest absolute Gasteiger partial charge is 0.416 e. The van der Waals surface area contributed by atoms with Crippen LogP contribution in [0.4, 0.5) is 13.2 Å². The molecule has 0 radical (unpaired) electrons. The van der Waals surface area contributed by atoms with Gasteiger partial charge in [0.25, 0.3) is 0 Å². The third-order valence-electron chi connectivity index (χ3n) is 2.28. The van der Waals surface area contributed by atoms with Crippen molar-refractivity contribution in [3.63, 3.8) is 0 Å². The lowest BCUT2D eigenvalue weighted by Crippen LogP contribution is -2.03. The molecule has 0 fully saturated rings. The molecule has 0 spiro atoms. The Morgan fingerprint density at radius 2 is 1.65 bits per heavy atom. The van der Waals surface area contributed by atoms with Crippen LogP contribution in [0.15, 0.2) is 40.6 Å². The van der Waals surface area contributed by atoms with E-state index in [-0.39, 0.29) is 0 Å². The van der Waals surface area contributed by atoms with Gasteiger partial charge in [0, 0.05) is 4.88 Å². The van der Waals surface area contributed by atoms with Crippen molar-refractivity contribution in [2.75, 3.05) is 6.26 Å². The Morgan fingerprint density at radius 3 is 2.12 bits per heavy atom. The van der Waals surface area contributed by atoms with Crippen LogP contribution in [0, 0.1) is 0 Å². The fourth-order valence-electron chi connectivity index (χ4n) is 1.41. The molecule has 0 N–H and O–H groups in total. The van der Waals surface area contributed by atoms with Gasteiger partial charge in [-0.25, -0.2) is 0 Å². The standard InChI is InChI=1S/C12H9F3S2/c1-16-11-7-6-10(17-11)8-2-4-9(5-3-8)12(13,14)15/h2-7H,1H3. The van der Waals surface area contributed by atoms with Gasteiger partial charge in [-0.05, 0) is 36.1 Å². The van der Waals surface area contributed by atoms with Crippen molar-refractivity contribution in [2.24, 2.45) is 0 Å². The van der Waals surface area contributed by atoms with E-state index in [1.54, 1.807) is 23.1 Å². The number of thiophene rings is 1.